The molecule has 1 aliphatic heterocycles. The van der Waals surface area contributed by atoms with Crippen molar-refractivity contribution in [2.45, 2.75) is 19.3 Å². The summed E-state index contributed by atoms with van der Waals surface area (Å²) < 4.78 is 0. The molecule has 84 valence electrons. The smallest absolute Gasteiger partial charge is 0.227 e. The fourth-order valence-electron chi connectivity index (χ4n) is 2.21. The molecule has 1 aliphatic carbocycles. The molecule has 0 radical (unpaired) electrons. The van der Waals surface area contributed by atoms with Crippen LogP contribution in [-0.2, 0) is 11.2 Å². The van der Waals surface area contributed by atoms with Gasteiger partial charge in [0.25, 0.3) is 0 Å². The second-order valence-corrected chi connectivity index (χ2v) is 4.78. The van der Waals surface area contributed by atoms with Crippen molar-refractivity contribution >= 4 is 17.3 Å². The number of hydrogen-bond acceptors (Lipinski definition) is 2. The maximum absolute atomic E-state index is 11.6. The van der Waals surface area contributed by atoms with Gasteiger partial charge in [-0.25, -0.2) is 0 Å². The molecule has 0 saturated heterocycles. The van der Waals surface area contributed by atoms with Gasteiger partial charge in [-0.2, -0.15) is 0 Å². The van der Waals surface area contributed by atoms with Gasteiger partial charge in [0.1, 0.15) is 0 Å². The predicted octanol–water partition coefficient (Wildman–Crippen LogP) is 2.03. The molecule has 1 aromatic rings. The average Bonchev–Trinajstić information content (AvgIpc) is 3.06. The minimum atomic E-state index is 0.181. The highest BCUT2D eigenvalue weighted by Gasteiger charge is 2.29. The number of likely N-dealkylation sites (N-methyl/N-ethyl adjacent to an activating group) is 1. The van der Waals surface area contributed by atoms with Crippen LogP contribution in [0.1, 0.15) is 18.4 Å². The lowest BCUT2D eigenvalue weighted by Gasteiger charge is -2.13. The van der Waals surface area contributed by atoms with E-state index >= 15 is 0 Å². The Morgan fingerprint density at radius 1 is 1.44 bits per heavy atom. The van der Waals surface area contributed by atoms with Crippen LogP contribution in [0.3, 0.4) is 0 Å². The summed E-state index contributed by atoms with van der Waals surface area (Å²) in [6, 6.07) is 6.22. The minimum Gasteiger partial charge on any atom is -0.374 e. The SMILES string of the molecule is CN1CCc2ccc(NC(=O)C3CC3)cc21. The van der Waals surface area contributed by atoms with Crippen molar-refractivity contribution in [1.82, 2.24) is 0 Å². The Labute approximate surface area is 95.4 Å². The third-order valence-corrected chi connectivity index (χ3v) is 3.43. The summed E-state index contributed by atoms with van der Waals surface area (Å²) in [5.74, 6) is 0.451. The lowest BCUT2D eigenvalue weighted by atomic mass is 10.1. The molecule has 1 saturated carbocycles. The second kappa shape index (κ2) is 3.51. The van der Waals surface area contributed by atoms with E-state index in [1.165, 1.54) is 11.3 Å². The van der Waals surface area contributed by atoms with E-state index in [-0.39, 0.29) is 11.8 Å². The van der Waals surface area contributed by atoms with E-state index in [0.29, 0.717) is 0 Å². The molecule has 1 aromatic carbocycles. The average molecular weight is 216 g/mol. The summed E-state index contributed by atoms with van der Waals surface area (Å²) in [6.07, 6.45) is 3.22. The highest BCUT2D eigenvalue weighted by molar-refractivity contribution is 5.94. The van der Waals surface area contributed by atoms with Gasteiger partial charge >= 0.3 is 0 Å². The van der Waals surface area contributed by atoms with Crippen molar-refractivity contribution in [2.75, 3.05) is 23.8 Å². The molecule has 1 N–H and O–H groups in total. The lowest BCUT2D eigenvalue weighted by Crippen LogP contribution is -2.15. The highest BCUT2D eigenvalue weighted by Crippen LogP contribution is 2.32. The van der Waals surface area contributed by atoms with Gasteiger partial charge in [-0.15, -0.1) is 0 Å². The number of benzene rings is 1. The first-order valence-electron chi connectivity index (χ1n) is 5.89. The predicted molar refractivity (Wildman–Crippen MR) is 64.8 cm³/mol. The fraction of sp³-hybridized carbons (Fsp3) is 0.462. The summed E-state index contributed by atoms with van der Waals surface area (Å²) in [4.78, 5) is 13.9. The van der Waals surface area contributed by atoms with Gasteiger partial charge in [0.15, 0.2) is 0 Å². The lowest BCUT2D eigenvalue weighted by molar-refractivity contribution is -0.117. The highest BCUT2D eigenvalue weighted by atomic mass is 16.2. The molecule has 2 aliphatic rings. The molecule has 0 unspecified atom stereocenters. The zero-order valence-electron chi connectivity index (χ0n) is 9.49. The van der Waals surface area contributed by atoms with Crippen LogP contribution in [0, 0.1) is 5.92 Å². The van der Waals surface area contributed by atoms with Crippen molar-refractivity contribution in [2.24, 2.45) is 5.92 Å². The molecule has 1 amide bonds. The molecule has 0 spiro atoms. The molecular formula is C13H16N2O. The largest absolute Gasteiger partial charge is 0.374 e. The van der Waals surface area contributed by atoms with Gasteiger partial charge in [-0.3, -0.25) is 4.79 Å². The normalized spacial score (nSPS) is 18.4. The monoisotopic (exact) mass is 216 g/mol. The first-order valence-corrected chi connectivity index (χ1v) is 5.89. The summed E-state index contributed by atoms with van der Waals surface area (Å²) >= 11 is 0. The summed E-state index contributed by atoms with van der Waals surface area (Å²) in [6.45, 7) is 1.08. The van der Waals surface area contributed by atoms with Crippen LogP contribution >= 0.6 is 0 Å². The van der Waals surface area contributed by atoms with E-state index in [1.807, 2.05) is 6.07 Å². The molecule has 1 heterocycles. The van der Waals surface area contributed by atoms with Crippen LogP contribution in [0.25, 0.3) is 0 Å². The number of fused-ring (bicyclic) bond motifs is 1. The topological polar surface area (TPSA) is 32.3 Å². The number of nitrogens with zero attached hydrogens (tertiary/aromatic N) is 1. The molecule has 0 aromatic heterocycles. The Morgan fingerprint density at radius 3 is 3.00 bits per heavy atom. The van der Waals surface area contributed by atoms with Crippen LogP contribution in [0.5, 0.6) is 0 Å². The number of amides is 1. The second-order valence-electron chi connectivity index (χ2n) is 4.78. The van der Waals surface area contributed by atoms with E-state index in [9.17, 15) is 4.79 Å². The number of carbonyl (C=O) groups is 1. The quantitative estimate of drug-likeness (QED) is 0.820. The van der Waals surface area contributed by atoms with Gasteiger partial charge in [-0.1, -0.05) is 6.07 Å². The van der Waals surface area contributed by atoms with Gasteiger partial charge < -0.3 is 10.2 Å². The van der Waals surface area contributed by atoms with Crippen LogP contribution < -0.4 is 10.2 Å². The van der Waals surface area contributed by atoms with Crippen LogP contribution in [-0.4, -0.2) is 19.5 Å². The number of anilines is 2. The van der Waals surface area contributed by atoms with Gasteiger partial charge in [-0.05, 0) is 37.0 Å². The van der Waals surface area contributed by atoms with Crippen molar-refractivity contribution in [1.29, 1.82) is 0 Å². The maximum atomic E-state index is 11.6. The molecule has 3 heteroatoms. The summed E-state index contributed by atoms with van der Waals surface area (Å²) in [7, 11) is 2.10. The molecule has 0 bridgehead atoms. The van der Waals surface area contributed by atoms with Crippen molar-refractivity contribution in [3.63, 3.8) is 0 Å². The first kappa shape index (κ1) is 9.70. The van der Waals surface area contributed by atoms with E-state index in [4.69, 9.17) is 0 Å². The van der Waals surface area contributed by atoms with Gasteiger partial charge in [0.05, 0.1) is 0 Å². The maximum Gasteiger partial charge on any atom is 0.227 e. The summed E-state index contributed by atoms with van der Waals surface area (Å²) in [5.41, 5.74) is 3.57. The van der Waals surface area contributed by atoms with Crippen LogP contribution in [0.15, 0.2) is 18.2 Å². The molecule has 0 atom stereocenters. The number of nitrogens with one attached hydrogen (secondary N) is 1. The van der Waals surface area contributed by atoms with E-state index in [1.54, 1.807) is 0 Å². The zero-order valence-corrected chi connectivity index (χ0v) is 9.49. The van der Waals surface area contributed by atoms with E-state index in [2.05, 4.69) is 29.4 Å². The van der Waals surface area contributed by atoms with Crippen molar-refractivity contribution in [3.8, 4) is 0 Å². The molecule has 3 nitrogen and oxygen atoms in total. The Balaban J connectivity index is 1.80. The van der Waals surface area contributed by atoms with Gasteiger partial charge in [0.2, 0.25) is 5.91 Å². The number of hydrogen-bond donors (Lipinski definition) is 1. The number of carbonyl (C=O) groups excluding carboxylic acids is 1. The van der Waals surface area contributed by atoms with Crippen LogP contribution in [0.4, 0.5) is 11.4 Å². The molecule has 1 fully saturated rings. The third kappa shape index (κ3) is 1.66. The van der Waals surface area contributed by atoms with Crippen molar-refractivity contribution in [3.05, 3.63) is 23.8 Å². The Kier molecular flexibility index (Phi) is 2.13. The molecular weight excluding hydrogens is 200 g/mol. The third-order valence-electron chi connectivity index (χ3n) is 3.43. The standard InChI is InChI=1S/C13H16N2O/c1-15-7-6-9-4-5-11(8-12(9)15)14-13(16)10-2-3-10/h4-5,8,10H,2-3,6-7H2,1H3,(H,14,16). The summed E-state index contributed by atoms with van der Waals surface area (Å²) in [5, 5.41) is 2.99. The minimum absolute atomic E-state index is 0.181. The first-order chi connectivity index (χ1) is 7.74. The Hall–Kier alpha value is -1.51. The Morgan fingerprint density at radius 2 is 2.25 bits per heavy atom. The molecule has 3 rings (SSSR count). The zero-order chi connectivity index (χ0) is 11.1. The fourth-order valence-corrected chi connectivity index (χ4v) is 2.21. The van der Waals surface area contributed by atoms with Crippen LogP contribution in [0.2, 0.25) is 0 Å². The van der Waals surface area contributed by atoms with E-state index in [0.717, 1.165) is 31.5 Å². The van der Waals surface area contributed by atoms with Crippen molar-refractivity contribution < 1.29 is 4.79 Å². The Bertz CT molecular complexity index is 438. The molecule has 16 heavy (non-hydrogen) atoms. The number of rotatable bonds is 2. The van der Waals surface area contributed by atoms with E-state index < -0.39 is 0 Å². The van der Waals surface area contributed by atoms with Gasteiger partial charge in [0, 0.05) is 30.9 Å².